The molecule has 0 aromatic carbocycles. The highest BCUT2D eigenvalue weighted by Gasteiger charge is 2.40. The van der Waals surface area contributed by atoms with E-state index in [1.165, 1.54) is 25.7 Å². The molecular formula is C17H26N4O2. The van der Waals surface area contributed by atoms with Crippen LogP contribution in [0.1, 0.15) is 43.5 Å². The van der Waals surface area contributed by atoms with E-state index in [-0.39, 0.29) is 18.4 Å². The molecule has 1 aromatic heterocycles. The number of fused-ring (bicyclic) bond motifs is 2. The first-order valence-corrected chi connectivity index (χ1v) is 8.50. The zero-order valence-corrected chi connectivity index (χ0v) is 14.2. The number of nitrogens with zero attached hydrogens (tertiary/aromatic N) is 2. The van der Waals surface area contributed by atoms with Crippen LogP contribution in [0, 0.1) is 31.6 Å². The lowest BCUT2D eigenvalue weighted by Gasteiger charge is -2.20. The van der Waals surface area contributed by atoms with Crippen molar-refractivity contribution in [3.05, 3.63) is 11.4 Å². The van der Waals surface area contributed by atoms with Crippen molar-refractivity contribution >= 4 is 17.5 Å². The van der Waals surface area contributed by atoms with Crippen molar-refractivity contribution in [1.29, 1.82) is 0 Å². The molecule has 2 saturated carbocycles. The number of carbonyl (C=O) groups is 2. The Hall–Kier alpha value is -1.85. The molecule has 2 N–H and O–H groups in total. The van der Waals surface area contributed by atoms with Crippen LogP contribution in [-0.4, -0.2) is 28.1 Å². The smallest absolute Gasteiger partial charge is 0.243 e. The van der Waals surface area contributed by atoms with Crippen molar-refractivity contribution in [2.24, 2.45) is 24.8 Å². The zero-order valence-electron chi connectivity index (χ0n) is 14.2. The maximum Gasteiger partial charge on any atom is 0.243 e. The molecule has 0 saturated heterocycles. The highest BCUT2D eigenvalue weighted by atomic mass is 16.2. The summed E-state index contributed by atoms with van der Waals surface area (Å²) in [5.41, 5.74) is 2.43. The molecule has 2 bridgehead atoms. The van der Waals surface area contributed by atoms with Gasteiger partial charge in [-0.3, -0.25) is 14.3 Å². The van der Waals surface area contributed by atoms with E-state index in [0.29, 0.717) is 12.3 Å². The summed E-state index contributed by atoms with van der Waals surface area (Å²) in [6, 6.07) is 0. The molecule has 3 rings (SSSR count). The fourth-order valence-electron chi connectivity index (χ4n) is 4.25. The molecule has 126 valence electrons. The summed E-state index contributed by atoms with van der Waals surface area (Å²) in [5.74, 6) is 1.90. The SMILES string of the molecule is Cc1nn(C)c(C)c1NC(=O)CNC(=O)C[C@H]1C[C@H]2CC[C@@H]1C2. The highest BCUT2D eigenvalue weighted by Crippen LogP contribution is 2.49. The standard InChI is InChI=1S/C17H26N4O2/c1-10-17(11(2)21(3)20-10)19-16(23)9-18-15(22)8-14-7-12-4-5-13(14)6-12/h12-14H,4-9H2,1-3H3,(H,18,22)(H,19,23)/t12-,13+,14+/m0/s1. The Morgan fingerprint density at radius 2 is 2.00 bits per heavy atom. The maximum atomic E-state index is 12.1. The van der Waals surface area contributed by atoms with Crippen LogP contribution in [0.5, 0.6) is 0 Å². The van der Waals surface area contributed by atoms with E-state index in [2.05, 4.69) is 15.7 Å². The normalized spacial score (nSPS) is 25.6. The summed E-state index contributed by atoms with van der Waals surface area (Å²) >= 11 is 0. The van der Waals surface area contributed by atoms with E-state index >= 15 is 0 Å². The molecule has 1 aromatic rings. The van der Waals surface area contributed by atoms with E-state index < -0.39 is 0 Å². The number of hydrogen-bond acceptors (Lipinski definition) is 3. The Morgan fingerprint density at radius 3 is 2.57 bits per heavy atom. The van der Waals surface area contributed by atoms with E-state index in [1.807, 2.05) is 20.9 Å². The molecule has 0 spiro atoms. The highest BCUT2D eigenvalue weighted by molar-refractivity contribution is 5.95. The molecule has 2 amide bonds. The van der Waals surface area contributed by atoms with Gasteiger partial charge in [0.25, 0.3) is 0 Å². The van der Waals surface area contributed by atoms with Crippen molar-refractivity contribution < 1.29 is 9.59 Å². The largest absolute Gasteiger partial charge is 0.347 e. The second-order valence-corrected chi connectivity index (χ2v) is 7.13. The second kappa shape index (κ2) is 6.34. The number of nitrogens with one attached hydrogen (secondary N) is 2. The van der Waals surface area contributed by atoms with Gasteiger partial charge in [0.05, 0.1) is 23.6 Å². The Labute approximate surface area is 137 Å². The molecular weight excluding hydrogens is 292 g/mol. The van der Waals surface area contributed by atoms with Gasteiger partial charge in [0.1, 0.15) is 0 Å². The zero-order chi connectivity index (χ0) is 16.6. The Balaban J connectivity index is 1.44. The predicted octanol–water partition coefficient (Wildman–Crippen LogP) is 1.92. The van der Waals surface area contributed by atoms with Gasteiger partial charge >= 0.3 is 0 Å². The predicted molar refractivity (Wildman–Crippen MR) is 87.9 cm³/mol. The fraction of sp³-hybridized carbons (Fsp3) is 0.706. The van der Waals surface area contributed by atoms with Crippen molar-refractivity contribution in [3.8, 4) is 0 Å². The van der Waals surface area contributed by atoms with Crippen molar-refractivity contribution in [1.82, 2.24) is 15.1 Å². The van der Waals surface area contributed by atoms with Gasteiger partial charge in [0.2, 0.25) is 11.8 Å². The third-order valence-electron chi connectivity index (χ3n) is 5.55. The fourth-order valence-corrected chi connectivity index (χ4v) is 4.25. The second-order valence-electron chi connectivity index (χ2n) is 7.13. The minimum atomic E-state index is -0.203. The summed E-state index contributed by atoms with van der Waals surface area (Å²) in [5, 5.41) is 9.86. The molecule has 2 fully saturated rings. The van der Waals surface area contributed by atoms with Crippen LogP contribution in [0.2, 0.25) is 0 Å². The summed E-state index contributed by atoms with van der Waals surface area (Å²) in [6.07, 6.45) is 5.69. The average molecular weight is 318 g/mol. The Bertz CT molecular complexity index is 622. The van der Waals surface area contributed by atoms with Gasteiger partial charge in [-0.25, -0.2) is 0 Å². The summed E-state index contributed by atoms with van der Waals surface area (Å²) < 4.78 is 1.73. The summed E-state index contributed by atoms with van der Waals surface area (Å²) in [6.45, 7) is 3.78. The topological polar surface area (TPSA) is 76.0 Å². The molecule has 23 heavy (non-hydrogen) atoms. The van der Waals surface area contributed by atoms with Crippen LogP contribution in [-0.2, 0) is 16.6 Å². The van der Waals surface area contributed by atoms with Gasteiger partial charge in [-0.05, 0) is 50.9 Å². The minimum Gasteiger partial charge on any atom is -0.347 e. The van der Waals surface area contributed by atoms with Crippen LogP contribution in [0.3, 0.4) is 0 Å². The van der Waals surface area contributed by atoms with Crippen LogP contribution < -0.4 is 10.6 Å². The first-order chi connectivity index (χ1) is 10.9. The molecule has 2 aliphatic carbocycles. The van der Waals surface area contributed by atoms with E-state index in [9.17, 15) is 9.59 Å². The number of aromatic nitrogens is 2. The summed E-state index contributed by atoms with van der Waals surface area (Å²) in [4.78, 5) is 24.1. The number of hydrogen-bond donors (Lipinski definition) is 2. The molecule has 3 atom stereocenters. The molecule has 6 nitrogen and oxygen atoms in total. The molecule has 2 aliphatic rings. The molecule has 0 radical (unpaired) electrons. The maximum absolute atomic E-state index is 12.1. The lowest BCUT2D eigenvalue weighted by molar-refractivity contribution is -0.125. The van der Waals surface area contributed by atoms with Gasteiger partial charge in [-0.2, -0.15) is 5.10 Å². The van der Waals surface area contributed by atoms with Gasteiger partial charge < -0.3 is 10.6 Å². The molecule has 1 heterocycles. The van der Waals surface area contributed by atoms with E-state index in [0.717, 1.165) is 28.9 Å². The Morgan fingerprint density at radius 1 is 1.22 bits per heavy atom. The van der Waals surface area contributed by atoms with Crippen LogP contribution >= 0.6 is 0 Å². The van der Waals surface area contributed by atoms with E-state index in [1.54, 1.807) is 4.68 Å². The van der Waals surface area contributed by atoms with Crippen molar-refractivity contribution in [2.45, 2.75) is 46.0 Å². The van der Waals surface area contributed by atoms with Gasteiger partial charge in [0, 0.05) is 13.5 Å². The minimum absolute atomic E-state index is 0.00247. The number of anilines is 1. The number of aryl methyl sites for hydroxylation is 2. The van der Waals surface area contributed by atoms with Gasteiger partial charge in [-0.1, -0.05) is 6.42 Å². The van der Waals surface area contributed by atoms with Crippen LogP contribution in [0.25, 0.3) is 0 Å². The van der Waals surface area contributed by atoms with Crippen molar-refractivity contribution in [3.63, 3.8) is 0 Å². The lowest BCUT2D eigenvalue weighted by Crippen LogP contribution is -2.34. The van der Waals surface area contributed by atoms with E-state index in [4.69, 9.17) is 0 Å². The third kappa shape index (κ3) is 3.41. The third-order valence-corrected chi connectivity index (χ3v) is 5.55. The quantitative estimate of drug-likeness (QED) is 0.871. The van der Waals surface area contributed by atoms with Crippen LogP contribution in [0.4, 0.5) is 5.69 Å². The van der Waals surface area contributed by atoms with Gasteiger partial charge in [-0.15, -0.1) is 0 Å². The lowest BCUT2D eigenvalue weighted by atomic mass is 9.86. The molecule has 6 heteroatoms. The number of rotatable bonds is 5. The molecule has 0 aliphatic heterocycles. The number of amides is 2. The first kappa shape index (κ1) is 16.0. The monoisotopic (exact) mass is 318 g/mol. The molecule has 0 unspecified atom stereocenters. The van der Waals surface area contributed by atoms with Crippen LogP contribution in [0.15, 0.2) is 0 Å². The van der Waals surface area contributed by atoms with Crippen molar-refractivity contribution in [2.75, 3.05) is 11.9 Å². The average Bonchev–Trinajstić information content (AvgIpc) is 3.17. The summed E-state index contributed by atoms with van der Waals surface area (Å²) in [7, 11) is 1.84. The Kier molecular flexibility index (Phi) is 4.41. The first-order valence-electron chi connectivity index (χ1n) is 8.50. The number of carbonyl (C=O) groups excluding carboxylic acids is 2. The van der Waals surface area contributed by atoms with Gasteiger partial charge in [0.15, 0.2) is 0 Å².